The van der Waals surface area contributed by atoms with Gasteiger partial charge >= 0.3 is 0 Å². The zero-order valence-electron chi connectivity index (χ0n) is 12.7. The lowest BCUT2D eigenvalue weighted by Crippen LogP contribution is -2.04. The molecule has 2 aromatic heterocycles. The predicted octanol–water partition coefficient (Wildman–Crippen LogP) is 5.67. The molecule has 0 atom stereocenters. The molecule has 0 aliphatic heterocycles. The van der Waals surface area contributed by atoms with Crippen LogP contribution in [0.25, 0.3) is 10.7 Å². The Morgan fingerprint density at radius 2 is 2.13 bits per heavy atom. The molecule has 3 rings (SSSR count). The summed E-state index contributed by atoms with van der Waals surface area (Å²) in [6, 6.07) is 8.76. The lowest BCUT2D eigenvalue weighted by Gasteiger charge is -2.13. The van der Waals surface area contributed by atoms with E-state index in [1.807, 2.05) is 17.5 Å². The highest BCUT2D eigenvalue weighted by Gasteiger charge is 2.17. The Morgan fingerprint density at radius 3 is 2.78 bits per heavy atom. The van der Waals surface area contributed by atoms with Crippen molar-refractivity contribution in [2.24, 2.45) is 0 Å². The smallest absolute Gasteiger partial charge is 0.192 e. The third-order valence-corrected chi connectivity index (χ3v) is 5.50. The van der Waals surface area contributed by atoms with E-state index in [0.717, 1.165) is 21.4 Å². The zero-order chi connectivity index (χ0) is 16.4. The molecule has 23 heavy (non-hydrogen) atoms. The van der Waals surface area contributed by atoms with Crippen LogP contribution in [0.5, 0.6) is 0 Å². The number of halogens is 2. The van der Waals surface area contributed by atoms with E-state index in [0.29, 0.717) is 10.8 Å². The van der Waals surface area contributed by atoms with E-state index < -0.39 is 0 Å². The van der Waals surface area contributed by atoms with Crippen molar-refractivity contribution in [2.45, 2.75) is 30.8 Å². The fourth-order valence-electron chi connectivity index (χ4n) is 2.20. The highest BCUT2D eigenvalue weighted by molar-refractivity contribution is 7.98. The molecule has 0 amide bonds. The molecule has 2 heterocycles. The molecule has 0 N–H and O–H groups in total. The maximum absolute atomic E-state index is 13.1. The van der Waals surface area contributed by atoms with Crippen molar-refractivity contribution in [1.82, 2.24) is 14.8 Å². The number of rotatable bonds is 5. The number of hydrogen-bond acceptors (Lipinski definition) is 4. The summed E-state index contributed by atoms with van der Waals surface area (Å²) in [7, 11) is 0. The highest BCUT2D eigenvalue weighted by Crippen LogP contribution is 2.32. The molecule has 1 aromatic carbocycles. The van der Waals surface area contributed by atoms with Gasteiger partial charge in [-0.1, -0.05) is 35.5 Å². The van der Waals surface area contributed by atoms with Crippen LogP contribution < -0.4 is 0 Å². The quantitative estimate of drug-likeness (QED) is 0.544. The Balaban J connectivity index is 1.86. The first-order valence-electron chi connectivity index (χ1n) is 7.11. The van der Waals surface area contributed by atoms with Crippen LogP contribution in [-0.4, -0.2) is 14.8 Å². The number of thiophene rings is 1. The third-order valence-electron chi connectivity index (χ3n) is 3.29. The summed E-state index contributed by atoms with van der Waals surface area (Å²) in [5, 5.41) is 12.0. The molecular weight excluding hydrogens is 353 g/mol. The SMILES string of the molecule is CC(C)n1c(SCc2ccc(F)cc2Cl)nnc1-c1cccs1. The van der Waals surface area contributed by atoms with Crippen LogP contribution in [0.2, 0.25) is 5.02 Å². The van der Waals surface area contributed by atoms with Crippen LogP contribution in [0, 0.1) is 5.82 Å². The van der Waals surface area contributed by atoms with Crippen LogP contribution in [0.4, 0.5) is 4.39 Å². The second kappa shape index (κ2) is 7.03. The first-order chi connectivity index (χ1) is 11.1. The maximum Gasteiger partial charge on any atom is 0.192 e. The lowest BCUT2D eigenvalue weighted by molar-refractivity contribution is 0.555. The van der Waals surface area contributed by atoms with Gasteiger partial charge in [0.15, 0.2) is 11.0 Å². The summed E-state index contributed by atoms with van der Waals surface area (Å²) in [5.41, 5.74) is 0.883. The Bertz CT molecular complexity index is 800. The lowest BCUT2D eigenvalue weighted by atomic mass is 10.2. The fraction of sp³-hybridized carbons (Fsp3) is 0.250. The summed E-state index contributed by atoms with van der Waals surface area (Å²) < 4.78 is 15.2. The molecule has 0 bridgehead atoms. The van der Waals surface area contributed by atoms with Gasteiger partial charge in [0, 0.05) is 16.8 Å². The predicted molar refractivity (Wildman–Crippen MR) is 94.7 cm³/mol. The zero-order valence-corrected chi connectivity index (χ0v) is 15.1. The minimum absolute atomic E-state index is 0.244. The largest absolute Gasteiger partial charge is 0.299 e. The molecule has 0 saturated carbocycles. The minimum atomic E-state index is -0.325. The van der Waals surface area contributed by atoms with E-state index in [-0.39, 0.29) is 11.9 Å². The monoisotopic (exact) mass is 367 g/mol. The molecule has 0 fully saturated rings. The molecule has 0 unspecified atom stereocenters. The van der Waals surface area contributed by atoms with Gasteiger partial charge < -0.3 is 0 Å². The number of aromatic nitrogens is 3. The van der Waals surface area contributed by atoms with Crippen LogP contribution in [0.15, 0.2) is 40.9 Å². The van der Waals surface area contributed by atoms with E-state index in [4.69, 9.17) is 11.6 Å². The average molecular weight is 368 g/mol. The molecule has 120 valence electrons. The molecule has 7 heteroatoms. The van der Waals surface area contributed by atoms with Crippen molar-refractivity contribution >= 4 is 34.7 Å². The van der Waals surface area contributed by atoms with Gasteiger partial charge in [-0.3, -0.25) is 4.57 Å². The standard InChI is InChI=1S/C16H15ClFN3S2/c1-10(2)21-15(14-4-3-7-22-14)19-20-16(21)23-9-11-5-6-12(18)8-13(11)17/h3-8,10H,9H2,1-2H3. The van der Waals surface area contributed by atoms with Gasteiger partial charge in [-0.25, -0.2) is 4.39 Å². The third kappa shape index (κ3) is 3.59. The van der Waals surface area contributed by atoms with E-state index in [1.165, 1.54) is 12.1 Å². The molecule has 0 radical (unpaired) electrons. The molecular formula is C16H15ClFN3S2. The number of thioether (sulfide) groups is 1. The van der Waals surface area contributed by atoms with Crippen molar-refractivity contribution in [3.63, 3.8) is 0 Å². The summed E-state index contributed by atoms with van der Waals surface area (Å²) in [6.45, 7) is 4.21. The minimum Gasteiger partial charge on any atom is -0.299 e. The number of nitrogens with zero attached hydrogens (tertiary/aromatic N) is 3. The van der Waals surface area contributed by atoms with Gasteiger partial charge in [0.25, 0.3) is 0 Å². The van der Waals surface area contributed by atoms with Gasteiger partial charge in [-0.15, -0.1) is 21.5 Å². The van der Waals surface area contributed by atoms with Crippen molar-refractivity contribution in [3.8, 4) is 10.7 Å². The first kappa shape index (κ1) is 16.5. The molecule has 0 aliphatic rings. The first-order valence-corrected chi connectivity index (χ1v) is 9.36. The Kier molecular flexibility index (Phi) is 5.04. The van der Waals surface area contributed by atoms with E-state index in [9.17, 15) is 4.39 Å². The van der Waals surface area contributed by atoms with Crippen LogP contribution in [-0.2, 0) is 5.75 Å². The summed E-state index contributed by atoms with van der Waals surface area (Å²) in [5.74, 6) is 1.17. The highest BCUT2D eigenvalue weighted by atomic mass is 35.5. The van der Waals surface area contributed by atoms with Crippen molar-refractivity contribution in [3.05, 3.63) is 52.1 Å². The van der Waals surface area contributed by atoms with Crippen molar-refractivity contribution < 1.29 is 4.39 Å². The number of hydrogen-bond donors (Lipinski definition) is 0. The van der Waals surface area contributed by atoms with E-state index >= 15 is 0 Å². The van der Waals surface area contributed by atoms with Gasteiger partial charge in [-0.05, 0) is 43.0 Å². The van der Waals surface area contributed by atoms with Gasteiger partial charge in [0.1, 0.15) is 5.82 Å². The molecule has 0 saturated heterocycles. The molecule has 0 aliphatic carbocycles. The van der Waals surface area contributed by atoms with Gasteiger partial charge in [0.05, 0.1) is 4.88 Å². The Labute approximate surface area is 147 Å². The van der Waals surface area contributed by atoms with Crippen LogP contribution in [0.1, 0.15) is 25.5 Å². The summed E-state index contributed by atoms with van der Waals surface area (Å²) in [6.07, 6.45) is 0. The summed E-state index contributed by atoms with van der Waals surface area (Å²) >= 11 is 9.29. The molecule has 3 nitrogen and oxygen atoms in total. The second-order valence-electron chi connectivity index (χ2n) is 5.27. The average Bonchev–Trinajstić information content (AvgIpc) is 3.15. The Morgan fingerprint density at radius 1 is 1.30 bits per heavy atom. The topological polar surface area (TPSA) is 30.7 Å². The molecule has 3 aromatic rings. The summed E-state index contributed by atoms with van der Waals surface area (Å²) in [4.78, 5) is 1.10. The van der Waals surface area contributed by atoms with Crippen molar-refractivity contribution in [2.75, 3.05) is 0 Å². The van der Waals surface area contributed by atoms with Gasteiger partial charge in [-0.2, -0.15) is 0 Å². The van der Waals surface area contributed by atoms with Crippen LogP contribution in [0.3, 0.4) is 0 Å². The van der Waals surface area contributed by atoms with Gasteiger partial charge in [0.2, 0.25) is 0 Å². The number of benzene rings is 1. The molecule has 0 spiro atoms. The van der Waals surface area contributed by atoms with Crippen molar-refractivity contribution in [1.29, 1.82) is 0 Å². The fourth-order valence-corrected chi connectivity index (χ4v) is 4.29. The second-order valence-corrected chi connectivity index (χ2v) is 7.57. The Hall–Kier alpha value is -1.37. The van der Waals surface area contributed by atoms with E-state index in [2.05, 4.69) is 28.6 Å². The normalized spacial score (nSPS) is 11.3. The van der Waals surface area contributed by atoms with Crippen LogP contribution >= 0.6 is 34.7 Å². The maximum atomic E-state index is 13.1. The van der Waals surface area contributed by atoms with E-state index in [1.54, 1.807) is 29.2 Å².